The molecule has 0 aliphatic carbocycles. The van der Waals surface area contributed by atoms with E-state index in [0.29, 0.717) is 0 Å². The molecule has 6 aromatic rings. The quantitative estimate of drug-likeness (QED) is 0.135. The van der Waals surface area contributed by atoms with Crippen molar-refractivity contribution in [1.29, 1.82) is 0 Å². The zero-order valence-corrected chi connectivity index (χ0v) is 36.8. The van der Waals surface area contributed by atoms with Gasteiger partial charge in [-0.2, -0.15) is 74.0 Å². The molecule has 2 saturated heterocycles. The summed E-state index contributed by atoms with van der Waals surface area (Å²) in [7, 11) is 0. The molecule has 14 heteroatoms. The summed E-state index contributed by atoms with van der Waals surface area (Å²) in [5.41, 5.74) is 8.16. The number of nitrogens with zero attached hydrogens (tertiary/aromatic N) is 10. The van der Waals surface area contributed by atoms with Gasteiger partial charge in [-0.25, -0.2) is 9.97 Å². The van der Waals surface area contributed by atoms with Gasteiger partial charge in [0, 0.05) is 103 Å². The van der Waals surface area contributed by atoms with Gasteiger partial charge in [0.25, 0.3) is 0 Å². The fraction of sp³-hybridized carbons (Fsp3) is 0.318. The van der Waals surface area contributed by atoms with Gasteiger partial charge in [0.15, 0.2) is 0 Å². The van der Waals surface area contributed by atoms with E-state index < -0.39 is 0 Å². The summed E-state index contributed by atoms with van der Waals surface area (Å²) in [6.07, 6.45) is 10.4. The van der Waals surface area contributed by atoms with Crippen LogP contribution >= 0.6 is 0 Å². The molecule has 58 heavy (non-hydrogen) atoms. The van der Waals surface area contributed by atoms with Crippen LogP contribution in [0.2, 0.25) is 0 Å². The maximum atomic E-state index is 6.32. The van der Waals surface area contributed by atoms with E-state index in [9.17, 15) is 0 Å². The van der Waals surface area contributed by atoms with Crippen LogP contribution in [0.25, 0.3) is 0 Å². The molecule has 10 rings (SSSR count). The average molecular weight is 1140 g/mol. The second kappa shape index (κ2) is 19.2. The van der Waals surface area contributed by atoms with Gasteiger partial charge in [-0.05, 0) is 49.9 Å². The molecule has 2 fully saturated rings. The predicted octanol–water partition coefficient (Wildman–Crippen LogP) is 6.82. The second-order valence-corrected chi connectivity index (χ2v) is 14.7. The van der Waals surface area contributed by atoms with E-state index in [2.05, 4.69) is 87.6 Å². The maximum absolute atomic E-state index is 6.32. The smallest absolute Gasteiger partial charge is 0.124 e. The fourth-order valence-electron chi connectivity index (χ4n) is 7.94. The van der Waals surface area contributed by atoms with Crippen molar-refractivity contribution in [3.05, 3.63) is 146 Å². The maximum Gasteiger partial charge on any atom is 0.124 e. The molecule has 0 N–H and O–H groups in total. The number of anilines is 6. The number of aromatic nitrogens is 6. The number of benzene rings is 2. The zero-order chi connectivity index (χ0) is 37.8. The molecule has 12 nitrogen and oxygen atoms in total. The fourth-order valence-corrected chi connectivity index (χ4v) is 7.94. The first-order valence-electron chi connectivity index (χ1n) is 19.4. The Labute approximate surface area is 369 Å². The van der Waals surface area contributed by atoms with Crippen LogP contribution < -0.4 is 29.8 Å². The molecule has 0 saturated carbocycles. The van der Waals surface area contributed by atoms with Gasteiger partial charge in [-0.15, -0.1) is 22.8 Å². The zero-order valence-electron chi connectivity index (χ0n) is 32.3. The summed E-state index contributed by atoms with van der Waals surface area (Å²) >= 11 is 0. The molecule has 4 unspecified atom stereocenters. The standard InChI is InChI=1S/2C22H22N5O.2Pt/c2*1-16-12-17(25-24-16)13-19-9-10-20(28-19)14-26-15-27(18-6-3-2-4-7-18)22-21(26)8-5-11-23-22;;/h2*2-6,8,11-12,15,19-20H,9-10,13-14H2,1H3;;/q2*-3;;. The molecule has 0 radical (unpaired) electrons. The normalized spacial score (nSPS) is 20.6. The van der Waals surface area contributed by atoms with E-state index in [0.717, 1.165) is 109 Å². The SMILES string of the molecule is Cc1cc(CC2CCC(CN3[CH-]N(c4[c-]cccc4)c4ncccc43)O2)n[n-]1.Cc1cc(CC2CCC(CN3[CH-]N(c4[c-]cccc4)c4ncccc43)O2)n[n-]1.[Pt].[Pt]. The van der Waals surface area contributed by atoms with Gasteiger partial charge in [-0.1, -0.05) is 26.0 Å². The van der Waals surface area contributed by atoms with Crippen molar-refractivity contribution in [2.45, 2.75) is 76.8 Å². The number of hydrogen-bond acceptors (Lipinski definition) is 10. The third-order valence-electron chi connectivity index (χ3n) is 10.5. The number of rotatable bonds is 10. The molecule has 0 bridgehead atoms. The monoisotopic (exact) mass is 1130 g/mol. The van der Waals surface area contributed by atoms with E-state index in [4.69, 9.17) is 9.47 Å². The molecular formula is C44H44N10O2Pt2-6. The summed E-state index contributed by atoms with van der Waals surface area (Å²) in [4.78, 5) is 17.8. The van der Waals surface area contributed by atoms with Crippen molar-refractivity contribution in [2.24, 2.45) is 0 Å². The Hall–Kier alpha value is -4.34. The minimum Gasteiger partial charge on any atom is -0.579 e. The van der Waals surface area contributed by atoms with Gasteiger partial charge < -0.3 is 49.5 Å². The van der Waals surface area contributed by atoms with E-state index in [1.54, 1.807) is 0 Å². The Bertz CT molecular complexity index is 2050. The number of pyridine rings is 2. The molecule has 2 aromatic carbocycles. The van der Waals surface area contributed by atoms with Crippen LogP contribution in [0.5, 0.6) is 0 Å². The Morgan fingerprint density at radius 2 is 1.07 bits per heavy atom. The predicted molar refractivity (Wildman–Crippen MR) is 214 cm³/mol. The van der Waals surface area contributed by atoms with Crippen molar-refractivity contribution in [3.8, 4) is 0 Å². The minimum absolute atomic E-state index is 0. The first kappa shape index (κ1) is 41.8. The Balaban J connectivity index is 0.000000171. The summed E-state index contributed by atoms with van der Waals surface area (Å²) < 4.78 is 12.6. The van der Waals surface area contributed by atoms with Crippen molar-refractivity contribution >= 4 is 34.4 Å². The van der Waals surface area contributed by atoms with Crippen molar-refractivity contribution < 1.29 is 51.6 Å². The molecule has 0 spiro atoms. The number of hydrogen-bond donors (Lipinski definition) is 0. The Morgan fingerprint density at radius 1 is 0.621 bits per heavy atom. The summed E-state index contributed by atoms with van der Waals surface area (Å²) in [6.45, 7) is 9.77. The first-order chi connectivity index (χ1) is 27.5. The van der Waals surface area contributed by atoms with Crippen molar-refractivity contribution in [2.75, 3.05) is 32.7 Å². The second-order valence-electron chi connectivity index (χ2n) is 14.7. The third-order valence-corrected chi connectivity index (χ3v) is 10.5. The van der Waals surface area contributed by atoms with Crippen LogP contribution in [-0.4, -0.2) is 57.7 Å². The summed E-state index contributed by atoms with van der Waals surface area (Å²) in [5.74, 6) is 1.86. The van der Waals surface area contributed by atoms with Crippen LogP contribution in [-0.2, 0) is 64.4 Å². The summed E-state index contributed by atoms with van der Waals surface area (Å²) in [5, 5.41) is 16.6. The van der Waals surface area contributed by atoms with E-state index in [-0.39, 0.29) is 66.5 Å². The van der Waals surface area contributed by atoms with Gasteiger partial charge in [0.1, 0.15) is 11.6 Å². The first-order valence-corrected chi connectivity index (χ1v) is 19.4. The molecule has 4 aliphatic heterocycles. The Kier molecular flexibility index (Phi) is 13.8. The van der Waals surface area contributed by atoms with Gasteiger partial charge >= 0.3 is 0 Å². The van der Waals surface area contributed by atoms with Crippen LogP contribution in [0.3, 0.4) is 0 Å². The van der Waals surface area contributed by atoms with Gasteiger partial charge in [0.05, 0.1) is 24.4 Å². The van der Waals surface area contributed by atoms with E-state index in [1.807, 2.05) is 99.0 Å². The molecule has 8 heterocycles. The minimum atomic E-state index is 0. The molecule has 0 amide bonds. The topological polar surface area (TPSA) is 111 Å². The van der Waals surface area contributed by atoms with E-state index in [1.165, 1.54) is 0 Å². The molecule has 4 aromatic heterocycles. The summed E-state index contributed by atoms with van der Waals surface area (Å²) in [6, 6.07) is 34.8. The van der Waals surface area contributed by atoms with Crippen LogP contribution in [0.1, 0.15) is 48.5 Å². The molecule has 308 valence electrons. The van der Waals surface area contributed by atoms with Crippen LogP contribution in [0, 0.1) is 39.3 Å². The van der Waals surface area contributed by atoms with Gasteiger partial charge in [0.2, 0.25) is 0 Å². The molecule has 4 atom stereocenters. The number of fused-ring (bicyclic) bond motifs is 2. The van der Waals surface area contributed by atoms with Crippen molar-refractivity contribution in [1.82, 2.24) is 30.4 Å². The number of para-hydroxylation sites is 2. The number of aryl methyl sites for hydroxylation is 2. The average Bonchev–Trinajstić information content (AvgIpc) is 4.11. The van der Waals surface area contributed by atoms with E-state index >= 15 is 0 Å². The van der Waals surface area contributed by atoms with Crippen LogP contribution in [0.15, 0.2) is 97.3 Å². The van der Waals surface area contributed by atoms with Crippen molar-refractivity contribution in [3.63, 3.8) is 0 Å². The molecule has 4 aliphatic rings. The molecular weight excluding hydrogens is 1090 g/mol. The van der Waals surface area contributed by atoms with Gasteiger partial charge in [-0.3, -0.25) is 0 Å². The third kappa shape index (κ3) is 9.58. The largest absolute Gasteiger partial charge is 0.579 e. The number of ether oxygens (including phenoxy) is 2. The Morgan fingerprint density at radius 3 is 1.47 bits per heavy atom. The van der Waals surface area contributed by atoms with Crippen LogP contribution in [0.4, 0.5) is 34.4 Å².